The fraction of sp³-hybridized carbons (Fsp3) is 0.389. The van der Waals surface area contributed by atoms with E-state index in [0.29, 0.717) is 12.6 Å². The van der Waals surface area contributed by atoms with Crippen molar-refractivity contribution in [2.45, 2.75) is 46.2 Å². The fourth-order valence-corrected chi connectivity index (χ4v) is 2.89. The van der Waals surface area contributed by atoms with E-state index in [2.05, 4.69) is 48.0 Å². The van der Waals surface area contributed by atoms with Crippen LogP contribution >= 0.6 is 0 Å². The van der Waals surface area contributed by atoms with Crippen LogP contribution in [0, 0.1) is 20.8 Å². The second-order valence-electron chi connectivity index (χ2n) is 6.05. The third kappa shape index (κ3) is 2.87. The number of aromatic nitrogens is 1. The maximum Gasteiger partial charge on any atom is 0.253 e. The summed E-state index contributed by atoms with van der Waals surface area (Å²) in [5, 5.41) is 3.02. The Balaban J connectivity index is 1.71. The van der Waals surface area contributed by atoms with Crippen LogP contribution in [0.4, 0.5) is 0 Å². The number of carbonyl (C=O) groups is 1. The van der Waals surface area contributed by atoms with E-state index >= 15 is 0 Å². The normalized spacial score (nSPS) is 14.2. The van der Waals surface area contributed by atoms with E-state index in [1.807, 2.05) is 13.0 Å². The van der Waals surface area contributed by atoms with Crippen LogP contribution in [0.3, 0.4) is 0 Å². The molecule has 110 valence electrons. The molecular weight excluding hydrogens is 260 g/mol. The minimum absolute atomic E-state index is 0.0237. The van der Waals surface area contributed by atoms with Crippen LogP contribution in [-0.4, -0.2) is 10.5 Å². The Morgan fingerprint density at radius 1 is 1.19 bits per heavy atom. The smallest absolute Gasteiger partial charge is 0.253 e. The third-order valence-electron chi connectivity index (χ3n) is 4.21. The molecule has 0 bridgehead atoms. The number of amides is 1. The van der Waals surface area contributed by atoms with Gasteiger partial charge in [-0.3, -0.25) is 4.79 Å². The number of nitrogens with zero attached hydrogens (tertiary/aromatic N) is 1. The maximum absolute atomic E-state index is 12.4. The maximum atomic E-state index is 12.4. The monoisotopic (exact) mass is 282 g/mol. The van der Waals surface area contributed by atoms with Gasteiger partial charge in [-0.1, -0.05) is 29.8 Å². The molecule has 3 rings (SSSR count). The first-order valence-electron chi connectivity index (χ1n) is 7.58. The van der Waals surface area contributed by atoms with Gasteiger partial charge in [0.05, 0.1) is 5.56 Å². The summed E-state index contributed by atoms with van der Waals surface area (Å²) in [6, 6.07) is 10.9. The van der Waals surface area contributed by atoms with Gasteiger partial charge in [0.2, 0.25) is 0 Å². The van der Waals surface area contributed by atoms with Crippen molar-refractivity contribution in [2.24, 2.45) is 0 Å². The van der Waals surface area contributed by atoms with Crippen molar-refractivity contribution in [1.29, 1.82) is 0 Å². The third-order valence-corrected chi connectivity index (χ3v) is 4.21. The number of benzene rings is 1. The van der Waals surface area contributed by atoms with Crippen molar-refractivity contribution in [2.75, 3.05) is 0 Å². The predicted octanol–water partition coefficient (Wildman–Crippen LogP) is 3.68. The molecule has 2 aromatic rings. The topological polar surface area (TPSA) is 34.0 Å². The molecule has 1 saturated carbocycles. The van der Waals surface area contributed by atoms with E-state index in [1.165, 1.54) is 24.1 Å². The van der Waals surface area contributed by atoms with Crippen LogP contribution in [0.25, 0.3) is 0 Å². The molecule has 0 radical (unpaired) electrons. The van der Waals surface area contributed by atoms with E-state index in [4.69, 9.17) is 0 Å². The van der Waals surface area contributed by atoms with Crippen molar-refractivity contribution in [1.82, 2.24) is 9.88 Å². The molecule has 3 nitrogen and oxygen atoms in total. The molecule has 1 aromatic carbocycles. The molecule has 0 atom stereocenters. The highest BCUT2D eigenvalue weighted by Crippen LogP contribution is 2.38. The van der Waals surface area contributed by atoms with E-state index in [0.717, 1.165) is 16.8 Å². The quantitative estimate of drug-likeness (QED) is 0.912. The molecule has 0 saturated heterocycles. The summed E-state index contributed by atoms with van der Waals surface area (Å²) in [7, 11) is 0. The van der Waals surface area contributed by atoms with E-state index < -0.39 is 0 Å². The first-order valence-corrected chi connectivity index (χ1v) is 7.58. The van der Waals surface area contributed by atoms with E-state index in [1.54, 1.807) is 0 Å². The summed E-state index contributed by atoms with van der Waals surface area (Å²) >= 11 is 0. The molecule has 1 aliphatic rings. The van der Waals surface area contributed by atoms with Crippen LogP contribution in [0.2, 0.25) is 0 Å². The van der Waals surface area contributed by atoms with Gasteiger partial charge < -0.3 is 9.88 Å². The number of hydrogen-bond donors (Lipinski definition) is 1. The van der Waals surface area contributed by atoms with Crippen molar-refractivity contribution in [3.05, 3.63) is 58.4 Å². The molecule has 0 aliphatic heterocycles. The number of aryl methyl sites for hydroxylation is 2. The molecule has 1 fully saturated rings. The molecule has 1 aliphatic carbocycles. The van der Waals surface area contributed by atoms with Crippen molar-refractivity contribution in [3.8, 4) is 0 Å². The Morgan fingerprint density at radius 3 is 2.48 bits per heavy atom. The predicted molar refractivity (Wildman–Crippen MR) is 84.5 cm³/mol. The van der Waals surface area contributed by atoms with Gasteiger partial charge in [0.25, 0.3) is 5.91 Å². The van der Waals surface area contributed by atoms with Gasteiger partial charge in [-0.05, 0) is 45.2 Å². The lowest BCUT2D eigenvalue weighted by molar-refractivity contribution is 0.0950. The Kier molecular flexibility index (Phi) is 3.58. The number of nitrogens with one attached hydrogen (secondary N) is 1. The summed E-state index contributed by atoms with van der Waals surface area (Å²) in [4.78, 5) is 12.4. The highest BCUT2D eigenvalue weighted by atomic mass is 16.1. The second-order valence-corrected chi connectivity index (χ2v) is 6.05. The Morgan fingerprint density at radius 2 is 1.86 bits per heavy atom. The lowest BCUT2D eigenvalue weighted by Crippen LogP contribution is -2.23. The minimum atomic E-state index is 0.0237. The lowest BCUT2D eigenvalue weighted by Gasteiger charge is -2.08. The molecule has 0 unspecified atom stereocenters. The second kappa shape index (κ2) is 5.40. The van der Waals surface area contributed by atoms with E-state index in [-0.39, 0.29) is 5.91 Å². The van der Waals surface area contributed by atoms with Crippen molar-refractivity contribution in [3.63, 3.8) is 0 Å². The standard InChI is InChI=1S/C18H22N2O/c1-12-4-6-15(7-5-12)11-19-18(21)17-10-13(2)20(14(17)3)16-8-9-16/h4-7,10,16H,8-9,11H2,1-3H3,(H,19,21). The molecular formula is C18H22N2O. The van der Waals surface area contributed by atoms with Gasteiger partial charge in [0.1, 0.15) is 0 Å². The van der Waals surface area contributed by atoms with Crippen LogP contribution in [0.5, 0.6) is 0 Å². The minimum Gasteiger partial charge on any atom is -0.348 e. The molecule has 1 amide bonds. The first kappa shape index (κ1) is 13.9. The first-order chi connectivity index (χ1) is 10.1. The van der Waals surface area contributed by atoms with Gasteiger partial charge >= 0.3 is 0 Å². The molecule has 21 heavy (non-hydrogen) atoms. The van der Waals surface area contributed by atoms with Gasteiger partial charge in [-0.15, -0.1) is 0 Å². The Labute approximate surface area is 126 Å². The van der Waals surface area contributed by atoms with Gasteiger partial charge in [-0.2, -0.15) is 0 Å². The average Bonchev–Trinajstić information content (AvgIpc) is 3.24. The Bertz CT molecular complexity index is 663. The average molecular weight is 282 g/mol. The number of rotatable bonds is 4. The zero-order valence-corrected chi connectivity index (χ0v) is 12.9. The van der Waals surface area contributed by atoms with E-state index in [9.17, 15) is 4.79 Å². The molecule has 0 spiro atoms. The van der Waals surface area contributed by atoms with Crippen LogP contribution in [0.1, 0.15) is 51.8 Å². The summed E-state index contributed by atoms with van der Waals surface area (Å²) < 4.78 is 2.31. The number of carbonyl (C=O) groups excluding carboxylic acids is 1. The zero-order chi connectivity index (χ0) is 15.0. The Hall–Kier alpha value is -2.03. The van der Waals surface area contributed by atoms with Crippen LogP contribution < -0.4 is 5.32 Å². The summed E-state index contributed by atoms with van der Waals surface area (Å²) in [6.45, 7) is 6.77. The highest BCUT2D eigenvalue weighted by molar-refractivity contribution is 5.95. The summed E-state index contributed by atoms with van der Waals surface area (Å²) in [5.41, 5.74) is 5.46. The van der Waals surface area contributed by atoms with Gasteiger partial charge in [-0.25, -0.2) is 0 Å². The van der Waals surface area contributed by atoms with Gasteiger partial charge in [0.15, 0.2) is 0 Å². The molecule has 1 N–H and O–H groups in total. The number of hydrogen-bond acceptors (Lipinski definition) is 1. The lowest BCUT2D eigenvalue weighted by atomic mass is 10.1. The van der Waals surface area contributed by atoms with Crippen molar-refractivity contribution >= 4 is 5.91 Å². The molecule has 1 heterocycles. The molecule has 1 aromatic heterocycles. The largest absolute Gasteiger partial charge is 0.348 e. The molecule has 3 heteroatoms. The van der Waals surface area contributed by atoms with Gasteiger partial charge in [0, 0.05) is 24.0 Å². The zero-order valence-electron chi connectivity index (χ0n) is 12.9. The summed E-state index contributed by atoms with van der Waals surface area (Å²) in [5.74, 6) is 0.0237. The van der Waals surface area contributed by atoms with Crippen molar-refractivity contribution < 1.29 is 4.79 Å². The van der Waals surface area contributed by atoms with Crippen LogP contribution in [-0.2, 0) is 6.54 Å². The fourth-order valence-electron chi connectivity index (χ4n) is 2.89. The SMILES string of the molecule is Cc1ccc(CNC(=O)c2cc(C)n(C3CC3)c2C)cc1. The van der Waals surface area contributed by atoms with Crippen LogP contribution in [0.15, 0.2) is 30.3 Å². The highest BCUT2D eigenvalue weighted by Gasteiger charge is 2.28. The summed E-state index contributed by atoms with van der Waals surface area (Å²) in [6.07, 6.45) is 2.47.